The van der Waals surface area contributed by atoms with Crippen LogP contribution in [-0.2, 0) is 0 Å². The molecule has 4 rings (SSSR count). The lowest BCUT2D eigenvalue weighted by atomic mass is 9.93. The molecule has 2 heterocycles. The van der Waals surface area contributed by atoms with Crippen molar-refractivity contribution in [3.8, 4) is 5.75 Å². The average Bonchev–Trinajstić information content (AvgIpc) is 2.66. The van der Waals surface area contributed by atoms with Gasteiger partial charge in [0.25, 0.3) is 0 Å². The van der Waals surface area contributed by atoms with E-state index in [9.17, 15) is 9.50 Å². The maximum absolute atomic E-state index is 13.4. The molecule has 128 valence electrons. The number of hydrogen-bond acceptors (Lipinski definition) is 4. The minimum Gasteiger partial charge on any atom is -0.505 e. The number of fused-ring (bicyclic) bond motifs is 1. The van der Waals surface area contributed by atoms with Crippen molar-refractivity contribution in [3.05, 3.63) is 65.7 Å². The normalized spacial score (nSPS) is 16.8. The Morgan fingerprint density at radius 3 is 2.40 bits per heavy atom. The van der Waals surface area contributed by atoms with Crippen LogP contribution in [0.3, 0.4) is 0 Å². The molecule has 0 bridgehead atoms. The molecule has 0 saturated carbocycles. The van der Waals surface area contributed by atoms with Gasteiger partial charge in [0.15, 0.2) is 0 Å². The van der Waals surface area contributed by atoms with Crippen molar-refractivity contribution in [1.29, 1.82) is 0 Å². The molecule has 25 heavy (non-hydrogen) atoms. The first-order chi connectivity index (χ1) is 12.2. The molecule has 1 N–H and O–H groups in total. The largest absolute Gasteiger partial charge is 0.505 e. The minimum absolute atomic E-state index is 0.118. The second kappa shape index (κ2) is 6.76. The maximum Gasteiger partial charge on any atom is 0.148 e. The van der Waals surface area contributed by atoms with Gasteiger partial charge in [-0.1, -0.05) is 24.6 Å². The van der Waals surface area contributed by atoms with Gasteiger partial charge in [0.05, 0.1) is 11.6 Å². The summed E-state index contributed by atoms with van der Waals surface area (Å²) < 4.78 is 13.4. The zero-order valence-corrected chi connectivity index (χ0v) is 13.9. The Balaban J connectivity index is 1.85. The summed E-state index contributed by atoms with van der Waals surface area (Å²) in [5, 5.41) is 10.9. The zero-order chi connectivity index (χ0) is 17.2. The Hall–Kier alpha value is -2.53. The van der Waals surface area contributed by atoms with E-state index in [2.05, 4.69) is 14.9 Å². The summed E-state index contributed by atoms with van der Waals surface area (Å²) in [6, 6.07) is 10.2. The quantitative estimate of drug-likeness (QED) is 0.783. The molecular weight excluding hydrogens is 317 g/mol. The highest BCUT2D eigenvalue weighted by Crippen LogP contribution is 2.38. The predicted octanol–water partition coefficient (Wildman–Crippen LogP) is 4.05. The van der Waals surface area contributed by atoms with Gasteiger partial charge in [-0.15, -0.1) is 0 Å². The molecule has 1 aliphatic heterocycles. The van der Waals surface area contributed by atoms with Gasteiger partial charge in [-0.05, 0) is 49.7 Å². The Labute approximate surface area is 146 Å². The van der Waals surface area contributed by atoms with E-state index in [0.29, 0.717) is 11.0 Å². The monoisotopic (exact) mass is 337 g/mol. The lowest BCUT2D eigenvalue weighted by Gasteiger charge is -2.35. The van der Waals surface area contributed by atoms with Gasteiger partial charge >= 0.3 is 0 Å². The van der Waals surface area contributed by atoms with Crippen molar-refractivity contribution < 1.29 is 9.50 Å². The Morgan fingerprint density at radius 1 is 0.920 bits per heavy atom. The number of halogens is 1. The highest BCUT2D eigenvalue weighted by molar-refractivity contribution is 5.82. The molecule has 0 radical (unpaired) electrons. The predicted molar refractivity (Wildman–Crippen MR) is 94.9 cm³/mol. The fourth-order valence-electron chi connectivity index (χ4n) is 3.67. The van der Waals surface area contributed by atoms with Crippen molar-refractivity contribution in [1.82, 2.24) is 14.9 Å². The lowest BCUT2D eigenvalue weighted by Crippen LogP contribution is -2.34. The molecule has 1 atom stereocenters. The molecule has 0 spiro atoms. The third-order valence-corrected chi connectivity index (χ3v) is 4.88. The van der Waals surface area contributed by atoms with Gasteiger partial charge in [-0.3, -0.25) is 9.88 Å². The number of benzene rings is 2. The number of nitrogens with zero attached hydrogens (tertiary/aromatic N) is 3. The van der Waals surface area contributed by atoms with E-state index in [1.807, 2.05) is 12.1 Å². The van der Waals surface area contributed by atoms with E-state index in [0.717, 1.165) is 37.1 Å². The summed E-state index contributed by atoms with van der Waals surface area (Å²) in [5.74, 6) is -0.0970. The van der Waals surface area contributed by atoms with E-state index >= 15 is 0 Å². The van der Waals surface area contributed by atoms with E-state index in [4.69, 9.17) is 0 Å². The van der Waals surface area contributed by atoms with E-state index in [1.54, 1.807) is 24.5 Å². The standard InChI is InChI=1S/C20H20FN3O/c21-15-6-4-14(5-7-15)19(24-12-2-1-3-13-24)16-8-9-17-18(20(16)25)23-11-10-22-17/h4-11,19,25H,1-3,12-13H2. The summed E-state index contributed by atoms with van der Waals surface area (Å²) in [6.07, 6.45) is 6.68. The molecule has 0 amide bonds. The SMILES string of the molecule is Oc1c(C(c2ccc(F)cc2)N2CCCCC2)ccc2nccnc12. The highest BCUT2D eigenvalue weighted by atomic mass is 19.1. The number of phenolic OH excluding ortho intramolecular Hbond substituents is 1. The number of phenols is 1. The zero-order valence-electron chi connectivity index (χ0n) is 13.9. The summed E-state index contributed by atoms with van der Waals surface area (Å²) in [5.41, 5.74) is 2.94. The van der Waals surface area contributed by atoms with Crippen molar-refractivity contribution in [2.45, 2.75) is 25.3 Å². The van der Waals surface area contributed by atoms with Crippen LogP contribution in [0.5, 0.6) is 5.75 Å². The number of hydrogen-bond donors (Lipinski definition) is 1. The maximum atomic E-state index is 13.4. The first kappa shape index (κ1) is 16.0. The van der Waals surface area contributed by atoms with Crippen LogP contribution in [-0.4, -0.2) is 33.1 Å². The fraction of sp³-hybridized carbons (Fsp3) is 0.300. The van der Waals surface area contributed by atoms with Crippen LogP contribution in [0.2, 0.25) is 0 Å². The van der Waals surface area contributed by atoms with Crippen LogP contribution < -0.4 is 0 Å². The Morgan fingerprint density at radius 2 is 1.64 bits per heavy atom. The van der Waals surface area contributed by atoms with Crippen LogP contribution >= 0.6 is 0 Å². The number of aromatic nitrogens is 2. The third-order valence-electron chi connectivity index (χ3n) is 4.88. The second-order valence-electron chi connectivity index (χ2n) is 6.48. The minimum atomic E-state index is -0.255. The third kappa shape index (κ3) is 3.07. The summed E-state index contributed by atoms with van der Waals surface area (Å²) >= 11 is 0. The first-order valence-corrected chi connectivity index (χ1v) is 8.66. The number of likely N-dealkylation sites (tertiary alicyclic amines) is 1. The van der Waals surface area contributed by atoms with E-state index in [1.165, 1.54) is 18.6 Å². The molecule has 0 aliphatic carbocycles. The van der Waals surface area contributed by atoms with Gasteiger partial charge in [-0.2, -0.15) is 0 Å². The number of piperidine rings is 1. The summed E-state index contributed by atoms with van der Waals surface area (Å²) in [6.45, 7) is 1.92. The molecule has 1 fully saturated rings. The summed E-state index contributed by atoms with van der Waals surface area (Å²) in [7, 11) is 0. The molecule has 5 heteroatoms. The van der Waals surface area contributed by atoms with E-state index in [-0.39, 0.29) is 17.6 Å². The van der Waals surface area contributed by atoms with Crippen LogP contribution in [0.25, 0.3) is 11.0 Å². The molecule has 1 saturated heterocycles. The molecule has 4 nitrogen and oxygen atoms in total. The van der Waals surface area contributed by atoms with Crippen LogP contribution in [0.1, 0.15) is 36.4 Å². The van der Waals surface area contributed by atoms with Crippen molar-refractivity contribution in [2.75, 3.05) is 13.1 Å². The van der Waals surface area contributed by atoms with Gasteiger partial charge in [0, 0.05) is 18.0 Å². The molecule has 1 aromatic heterocycles. The van der Waals surface area contributed by atoms with Crippen molar-refractivity contribution in [3.63, 3.8) is 0 Å². The van der Waals surface area contributed by atoms with Crippen molar-refractivity contribution in [2.24, 2.45) is 0 Å². The van der Waals surface area contributed by atoms with Gasteiger partial charge in [-0.25, -0.2) is 9.37 Å². The Kier molecular flexibility index (Phi) is 4.32. The van der Waals surface area contributed by atoms with Gasteiger partial charge < -0.3 is 5.11 Å². The number of aromatic hydroxyl groups is 1. The van der Waals surface area contributed by atoms with Crippen molar-refractivity contribution >= 4 is 11.0 Å². The molecule has 1 unspecified atom stereocenters. The van der Waals surface area contributed by atoms with Crippen LogP contribution in [0.15, 0.2) is 48.8 Å². The molecule has 1 aliphatic rings. The topological polar surface area (TPSA) is 49.2 Å². The average molecular weight is 337 g/mol. The smallest absolute Gasteiger partial charge is 0.148 e. The van der Waals surface area contributed by atoms with Crippen LogP contribution in [0, 0.1) is 5.82 Å². The van der Waals surface area contributed by atoms with Gasteiger partial charge in [0.1, 0.15) is 17.1 Å². The summed E-state index contributed by atoms with van der Waals surface area (Å²) in [4.78, 5) is 10.9. The molecular formula is C20H20FN3O. The molecule has 2 aromatic carbocycles. The van der Waals surface area contributed by atoms with Gasteiger partial charge in [0.2, 0.25) is 0 Å². The highest BCUT2D eigenvalue weighted by Gasteiger charge is 2.27. The molecule has 3 aromatic rings. The van der Waals surface area contributed by atoms with E-state index < -0.39 is 0 Å². The Bertz CT molecular complexity index is 876. The lowest BCUT2D eigenvalue weighted by molar-refractivity contribution is 0.185. The first-order valence-electron chi connectivity index (χ1n) is 8.66. The van der Waals surface area contributed by atoms with Crippen LogP contribution in [0.4, 0.5) is 4.39 Å². The number of rotatable bonds is 3. The second-order valence-corrected chi connectivity index (χ2v) is 6.48. The fourth-order valence-corrected chi connectivity index (χ4v) is 3.67.